The number of nitrogens with one attached hydrogen (secondary N) is 1. The normalized spacial score (nSPS) is 26.8. The maximum Gasteiger partial charge on any atom is 0.407 e. The van der Waals surface area contributed by atoms with Gasteiger partial charge in [-0.15, -0.1) is 0 Å². The Balaban J connectivity index is 2.27. The average Bonchev–Trinajstić information content (AvgIpc) is 2.38. The number of nitrogens with zero attached hydrogens (tertiary/aromatic N) is 1. The molecule has 5 nitrogen and oxygen atoms in total. The maximum absolute atomic E-state index is 11.4. The second kappa shape index (κ2) is 5.01. The average molecular weight is 230 g/mol. The first-order chi connectivity index (χ1) is 7.28. The van der Waals surface area contributed by atoms with Crippen LogP contribution in [0.4, 0.5) is 4.79 Å². The largest absolute Gasteiger partial charge is 0.444 e. The van der Waals surface area contributed by atoms with Crippen molar-refractivity contribution in [1.82, 2.24) is 10.2 Å². The molecule has 0 aromatic carbocycles. The van der Waals surface area contributed by atoms with Gasteiger partial charge in [0.2, 0.25) is 0 Å². The number of aliphatic hydroxyl groups is 1. The molecule has 0 aromatic heterocycles. The molecule has 16 heavy (non-hydrogen) atoms. The molecule has 1 fully saturated rings. The Hall–Kier alpha value is -0.810. The van der Waals surface area contributed by atoms with Crippen LogP contribution in [0.5, 0.6) is 0 Å². The minimum atomic E-state index is -0.467. The summed E-state index contributed by atoms with van der Waals surface area (Å²) in [5.41, 5.74) is -0.467. The van der Waals surface area contributed by atoms with Crippen LogP contribution in [-0.4, -0.2) is 54.0 Å². The molecule has 0 aromatic rings. The summed E-state index contributed by atoms with van der Waals surface area (Å²) in [5.74, 6) is 0. The number of ether oxygens (including phenoxy) is 1. The Labute approximate surface area is 96.8 Å². The number of carbonyl (C=O) groups excluding carboxylic acids is 1. The summed E-state index contributed by atoms with van der Waals surface area (Å²) in [5, 5.41) is 12.2. The molecule has 0 spiro atoms. The number of hydrogen-bond acceptors (Lipinski definition) is 4. The molecule has 2 N–H and O–H groups in total. The second-order valence-electron chi connectivity index (χ2n) is 5.37. The molecular weight excluding hydrogens is 208 g/mol. The van der Waals surface area contributed by atoms with E-state index in [4.69, 9.17) is 4.74 Å². The minimum Gasteiger partial charge on any atom is -0.444 e. The second-order valence-corrected chi connectivity index (χ2v) is 5.37. The summed E-state index contributed by atoms with van der Waals surface area (Å²) >= 11 is 0. The van der Waals surface area contributed by atoms with Gasteiger partial charge < -0.3 is 15.2 Å². The van der Waals surface area contributed by atoms with E-state index in [9.17, 15) is 9.90 Å². The van der Waals surface area contributed by atoms with Crippen LogP contribution < -0.4 is 5.32 Å². The zero-order valence-electron chi connectivity index (χ0n) is 10.5. The molecule has 0 saturated carbocycles. The van der Waals surface area contributed by atoms with E-state index in [1.165, 1.54) is 0 Å². The SMILES string of the molecule is CN1CC(O)CC1CNC(=O)OC(C)(C)C. The van der Waals surface area contributed by atoms with Crippen LogP contribution in [0.3, 0.4) is 0 Å². The summed E-state index contributed by atoms with van der Waals surface area (Å²) in [6.45, 7) is 6.68. The lowest BCUT2D eigenvalue weighted by molar-refractivity contribution is 0.0516. The number of rotatable bonds is 2. The van der Waals surface area contributed by atoms with Crippen molar-refractivity contribution in [2.45, 2.75) is 44.9 Å². The van der Waals surface area contributed by atoms with Gasteiger partial charge in [0.15, 0.2) is 0 Å². The first kappa shape index (κ1) is 13.3. The van der Waals surface area contributed by atoms with E-state index >= 15 is 0 Å². The van der Waals surface area contributed by atoms with Crippen molar-refractivity contribution >= 4 is 6.09 Å². The van der Waals surface area contributed by atoms with Gasteiger partial charge in [-0.2, -0.15) is 0 Å². The molecule has 1 rings (SSSR count). The summed E-state index contributed by atoms with van der Waals surface area (Å²) < 4.78 is 5.13. The van der Waals surface area contributed by atoms with Gasteiger partial charge in [-0.3, -0.25) is 4.90 Å². The van der Waals surface area contributed by atoms with Crippen LogP contribution in [0.2, 0.25) is 0 Å². The van der Waals surface area contributed by atoms with Crippen molar-refractivity contribution in [1.29, 1.82) is 0 Å². The summed E-state index contributed by atoms with van der Waals surface area (Å²) in [4.78, 5) is 13.4. The van der Waals surface area contributed by atoms with E-state index in [0.717, 1.165) is 0 Å². The van der Waals surface area contributed by atoms with Crippen LogP contribution in [-0.2, 0) is 4.74 Å². The third-order valence-electron chi connectivity index (χ3n) is 2.55. The molecule has 1 aliphatic heterocycles. The number of amides is 1. The monoisotopic (exact) mass is 230 g/mol. The van der Waals surface area contributed by atoms with Crippen LogP contribution in [0, 0.1) is 0 Å². The fraction of sp³-hybridized carbons (Fsp3) is 0.909. The molecule has 1 saturated heterocycles. The quantitative estimate of drug-likeness (QED) is 0.728. The predicted molar refractivity (Wildman–Crippen MR) is 61.3 cm³/mol. The highest BCUT2D eigenvalue weighted by molar-refractivity contribution is 5.67. The van der Waals surface area contributed by atoms with Gasteiger partial charge in [-0.05, 0) is 34.2 Å². The lowest BCUT2D eigenvalue weighted by Crippen LogP contribution is -2.40. The molecule has 5 heteroatoms. The number of β-amino-alcohol motifs (C(OH)–C–C–N with tert-alkyl or cyclic N) is 1. The van der Waals surface area contributed by atoms with Crippen molar-refractivity contribution < 1.29 is 14.6 Å². The maximum atomic E-state index is 11.4. The predicted octanol–water partition coefficient (Wildman–Crippen LogP) is 0.576. The van der Waals surface area contributed by atoms with Crippen molar-refractivity contribution in [3.8, 4) is 0 Å². The third kappa shape index (κ3) is 4.37. The number of hydrogen-bond donors (Lipinski definition) is 2. The molecule has 1 aliphatic rings. The van der Waals surface area contributed by atoms with E-state index in [1.54, 1.807) is 0 Å². The molecular formula is C11H22N2O3. The van der Waals surface area contributed by atoms with Crippen molar-refractivity contribution in [3.63, 3.8) is 0 Å². The fourth-order valence-corrected chi connectivity index (χ4v) is 1.80. The summed E-state index contributed by atoms with van der Waals surface area (Å²) in [7, 11) is 1.94. The third-order valence-corrected chi connectivity index (χ3v) is 2.55. The highest BCUT2D eigenvalue weighted by atomic mass is 16.6. The van der Waals surface area contributed by atoms with Gasteiger partial charge in [-0.25, -0.2) is 4.79 Å². The minimum absolute atomic E-state index is 0.197. The van der Waals surface area contributed by atoms with Gasteiger partial charge in [0.25, 0.3) is 0 Å². The number of carbonyl (C=O) groups is 1. The van der Waals surface area contributed by atoms with Crippen LogP contribution >= 0.6 is 0 Å². The molecule has 94 valence electrons. The first-order valence-electron chi connectivity index (χ1n) is 5.63. The zero-order valence-corrected chi connectivity index (χ0v) is 10.5. The lowest BCUT2D eigenvalue weighted by Gasteiger charge is -2.22. The van der Waals surface area contributed by atoms with Gasteiger partial charge in [0, 0.05) is 19.1 Å². The molecule has 2 atom stereocenters. The molecule has 1 amide bonds. The molecule has 0 bridgehead atoms. The molecule has 2 unspecified atom stereocenters. The van der Waals surface area contributed by atoms with E-state index in [1.807, 2.05) is 32.7 Å². The highest BCUT2D eigenvalue weighted by Crippen LogP contribution is 2.14. The molecule has 0 aliphatic carbocycles. The topological polar surface area (TPSA) is 61.8 Å². The van der Waals surface area contributed by atoms with Crippen LogP contribution in [0.25, 0.3) is 0 Å². The Morgan fingerprint density at radius 1 is 1.56 bits per heavy atom. The Kier molecular flexibility index (Phi) is 4.15. The Morgan fingerprint density at radius 3 is 2.62 bits per heavy atom. The first-order valence-corrected chi connectivity index (χ1v) is 5.63. The van der Waals surface area contributed by atoms with Crippen molar-refractivity contribution in [3.05, 3.63) is 0 Å². The number of aliphatic hydroxyl groups excluding tert-OH is 1. The number of likely N-dealkylation sites (N-methyl/N-ethyl adjacent to an activating group) is 1. The standard InChI is InChI=1S/C11H22N2O3/c1-11(2,3)16-10(15)12-6-8-5-9(14)7-13(8)4/h8-9,14H,5-7H2,1-4H3,(H,12,15). The van der Waals surface area contributed by atoms with Crippen molar-refractivity contribution in [2.75, 3.05) is 20.1 Å². The summed E-state index contributed by atoms with van der Waals surface area (Å²) in [6.07, 6.45) is 0.0180. The van der Waals surface area contributed by atoms with Crippen LogP contribution in [0.1, 0.15) is 27.2 Å². The van der Waals surface area contributed by atoms with Gasteiger partial charge >= 0.3 is 6.09 Å². The van der Waals surface area contributed by atoms with Crippen LogP contribution in [0.15, 0.2) is 0 Å². The Morgan fingerprint density at radius 2 is 2.19 bits per heavy atom. The van der Waals surface area contributed by atoms with Gasteiger partial charge in [-0.1, -0.05) is 0 Å². The van der Waals surface area contributed by atoms with E-state index in [0.29, 0.717) is 19.5 Å². The Bertz CT molecular complexity index is 250. The smallest absolute Gasteiger partial charge is 0.407 e. The lowest BCUT2D eigenvalue weighted by atomic mass is 10.2. The zero-order chi connectivity index (χ0) is 12.3. The number of alkyl carbamates (subject to hydrolysis) is 1. The van der Waals surface area contributed by atoms with E-state index < -0.39 is 11.7 Å². The van der Waals surface area contributed by atoms with Gasteiger partial charge in [0.1, 0.15) is 5.60 Å². The van der Waals surface area contributed by atoms with Gasteiger partial charge in [0.05, 0.1) is 6.10 Å². The summed E-state index contributed by atoms with van der Waals surface area (Å²) in [6, 6.07) is 0.197. The number of likely N-dealkylation sites (tertiary alicyclic amines) is 1. The fourth-order valence-electron chi connectivity index (χ4n) is 1.80. The molecule has 1 heterocycles. The van der Waals surface area contributed by atoms with E-state index in [2.05, 4.69) is 5.32 Å². The van der Waals surface area contributed by atoms with E-state index in [-0.39, 0.29) is 12.1 Å². The highest BCUT2D eigenvalue weighted by Gasteiger charge is 2.28. The van der Waals surface area contributed by atoms with Crippen molar-refractivity contribution in [2.24, 2.45) is 0 Å². The molecule has 0 radical (unpaired) electrons.